The molecule has 0 radical (unpaired) electrons. The number of fused-ring (bicyclic) bond motifs is 1. The van der Waals surface area contributed by atoms with Crippen molar-refractivity contribution in [3.05, 3.63) is 40.8 Å². The van der Waals surface area contributed by atoms with Crippen LogP contribution in [0.3, 0.4) is 0 Å². The Balaban J connectivity index is 2.61. The summed E-state index contributed by atoms with van der Waals surface area (Å²) < 4.78 is 5.30. The second-order valence-electron chi connectivity index (χ2n) is 4.85. The summed E-state index contributed by atoms with van der Waals surface area (Å²) in [5.74, 6) is 0. The topological polar surface area (TPSA) is 30.2 Å². The van der Waals surface area contributed by atoms with Gasteiger partial charge in [-0.2, -0.15) is 0 Å². The Morgan fingerprint density at radius 2 is 1.61 bits per heavy atom. The quantitative estimate of drug-likeness (QED) is 0.622. The van der Waals surface area contributed by atoms with Crippen LogP contribution in [0.4, 0.5) is 0 Å². The van der Waals surface area contributed by atoms with Crippen molar-refractivity contribution >= 4 is 24.2 Å². The molecule has 0 saturated carbocycles. The molecule has 0 spiro atoms. The van der Waals surface area contributed by atoms with Gasteiger partial charge in [0.15, 0.2) is 0 Å². The Hall–Kier alpha value is -1.35. The summed E-state index contributed by atoms with van der Waals surface area (Å²) in [6.07, 6.45) is 0. The van der Waals surface area contributed by atoms with E-state index in [1.54, 1.807) is 0 Å². The normalized spacial score (nSPS) is 11.9. The highest BCUT2D eigenvalue weighted by molar-refractivity contribution is 6.91. The maximum absolute atomic E-state index is 11.3. The van der Waals surface area contributed by atoms with Crippen LogP contribution in [0, 0.1) is 0 Å². The molecule has 0 aliphatic heterocycles. The smallest absolute Gasteiger partial charge is 0.336 e. The van der Waals surface area contributed by atoms with Gasteiger partial charge in [0.2, 0.25) is 0 Å². The number of benzene rings is 1. The lowest BCUT2D eigenvalue weighted by Gasteiger charge is -2.28. The average Bonchev–Trinajstić information content (AvgIpc) is 2.41. The van der Waals surface area contributed by atoms with Gasteiger partial charge in [-0.25, -0.2) is 4.79 Å². The lowest BCUT2D eigenvalue weighted by atomic mass is 10.2. The molecule has 0 bridgehead atoms. The maximum Gasteiger partial charge on any atom is 0.336 e. The zero-order valence-corrected chi connectivity index (χ0v) is 12.3. The predicted molar refractivity (Wildman–Crippen MR) is 79.3 cm³/mol. The van der Waals surface area contributed by atoms with Crippen molar-refractivity contribution in [2.24, 2.45) is 0 Å². The number of hydrogen-bond donors (Lipinski definition) is 0. The zero-order valence-electron chi connectivity index (χ0n) is 11.3. The van der Waals surface area contributed by atoms with E-state index in [0.717, 1.165) is 11.0 Å². The molecule has 0 amide bonds. The number of hydrogen-bond acceptors (Lipinski definition) is 2. The fourth-order valence-corrected chi connectivity index (χ4v) is 6.35. The van der Waals surface area contributed by atoms with Gasteiger partial charge in [0.05, 0.1) is 8.07 Å². The van der Waals surface area contributed by atoms with Crippen molar-refractivity contribution in [3.8, 4) is 0 Å². The van der Waals surface area contributed by atoms with Crippen LogP contribution in [0.5, 0.6) is 0 Å². The third-order valence-corrected chi connectivity index (χ3v) is 9.86. The van der Waals surface area contributed by atoms with E-state index in [1.807, 2.05) is 6.07 Å². The molecule has 0 unspecified atom stereocenters. The molecule has 2 aromatic rings. The van der Waals surface area contributed by atoms with Crippen LogP contribution in [-0.2, 0) is 0 Å². The molecular weight excluding hydrogens is 240 g/mol. The van der Waals surface area contributed by atoms with Gasteiger partial charge in [0, 0.05) is 11.5 Å². The molecule has 1 heterocycles. The van der Waals surface area contributed by atoms with Crippen molar-refractivity contribution < 1.29 is 4.42 Å². The van der Waals surface area contributed by atoms with Gasteiger partial charge in [-0.05, 0) is 12.1 Å². The van der Waals surface area contributed by atoms with E-state index in [-0.39, 0.29) is 5.63 Å². The van der Waals surface area contributed by atoms with Gasteiger partial charge >= 0.3 is 5.63 Å². The van der Waals surface area contributed by atoms with E-state index in [1.165, 1.54) is 29.4 Å². The van der Waals surface area contributed by atoms with Gasteiger partial charge < -0.3 is 4.42 Å². The van der Waals surface area contributed by atoms with E-state index < -0.39 is 8.07 Å². The van der Waals surface area contributed by atoms with Gasteiger partial charge in [-0.15, -0.1) is 0 Å². The second kappa shape index (κ2) is 5.10. The van der Waals surface area contributed by atoms with E-state index >= 15 is 0 Å². The lowest BCUT2D eigenvalue weighted by molar-refractivity contribution is 0.561. The first kappa shape index (κ1) is 13.1. The third-order valence-electron chi connectivity index (χ3n) is 4.27. The SMILES string of the molecule is CC[Si](CC)(CC)c1ccc2ccc(=O)oc2c1. The summed E-state index contributed by atoms with van der Waals surface area (Å²) in [4.78, 5) is 11.3. The van der Waals surface area contributed by atoms with Crippen molar-refractivity contribution in [1.29, 1.82) is 0 Å². The molecule has 0 aliphatic carbocycles. The van der Waals surface area contributed by atoms with Crippen molar-refractivity contribution in [3.63, 3.8) is 0 Å². The molecule has 1 aromatic heterocycles. The van der Waals surface area contributed by atoms with Crippen LogP contribution < -0.4 is 10.8 Å². The zero-order chi connectivity index (χ0) is 13.2. The highest BCUT2D eigenvalue weighted by Crippen LogP contribution is 2.22. The van der Waals surface area contributed by atoms with Crippen LogP contribution in [0.2, 0.25) is 18.1 Å². The molecule has 0 N–H and O–H groups in total. The van der Waals surface area contributed by atoms with Crippen LogP contribution in [-0.4, -0.2) is 8.07 Å². The first-order chi connectivity index (χ1) is 8.65. The standard InChI is InChI=1S/C15H20O2Si/c1-4-18(5-2,6-3)13-9-7-12-8-10-15(16)17-14(12)11-13/h7-11H,4-6H2,1-3H3. The van der Waals surface area contributed by atoms with Crippen LogP contribution >= 0.6 is 0 Å². The Morgan fingerprint density at radius 1 is 1.00 bits per heavy atom. The van der Waals surface area contributed by atoms with Crippen molar-refractivity contribution in [1.82, 2.24) is 0 Å². The molecular formula is C15H20O2Si. The minimum atomic E-state index is -1.39. The molecule has 0 fully saturated rings. The Kier molecular flexibility index (Phi) is 3.71. The first-order valence-corrected chi connectivity index (χ1v) is 9.31. The van der Waals surface area contributed by atoms with E-state index in [2.05, 4.69) is 39.0 Å². The van der Waals surface area contributed by atoms with E-state index in [9.17, 15) is 4.79 Å². The molecule has 0 aliphatic rings. The summed E-state index contributed by atoms with van der Waals surface area (Å²) in [5.41, 5.74) is 0.462. The molecule has 2 rings (SSSR count). The minimum absolute atomic E-state index is 0.267. The van der Waals surface area contributed by atoms with Crippen molar-refractivity contribution in [2.75, 3.05) is 0 Å². The van der Waals surface area contributed by atoms with E-state index in [4.69, 9.17) is 4.42 Å². The fraction of sp³-hybridized carbons (Fsp3) is 0.400. The lowest BCUT2D eigenvalue weighted by Crippen LogP contribution is -2.45. The Morgan fingerprint density at radius 3 is 2.22 bits per heavy atom. The summed E-state index contributed by atoms with van der Waals surface area (Å²) in [7, 11) is -1.39. The van der Waals surface area contributed by atoms with Crippen LogP contribution in [0.1, 0.15) is 20.8 Å². The molecule has 0 saturated heterocycles. The molecule has 96 valence electrons. The van der Waals surface area contributed by atoms with Crippen LogP contribution in [0.25, 0.3) is 11.0 Å². The Labute approximate surface area is 109 Å². The third kappa shape index (κ3) is 2.15. The first-order valence-electron chi connectivity index (χ1n) is 6.69. The highest BCUT2D eigenvalue weighted by Gasteiger charge is 2.29. The van der Waals surface area contributed by atoms with Crippen molar-refractivity contribution in [2.45, 2.75) is 38.9 Å². The van der Waals surface area contributed by atoms with Gasteiger partial charge in [-0.1, -0.05) is 56.2 Å². The highest BCUT2D eigenvalue weighted by atomic mass is 28.3. The van der Waals surface area contributed by atoms with Gasteiger partial charge in [0.1, 0.15) is 5.58 Å². The monoisotopic (exact) mass is 260 g/mol. The molecule has 2 nitrogen and oxygen atoms in total. The second-order valence-corrected chi connectivity index (χ2v) is 10.1. The summed E-state index contributed by atoms with van der Waals surface area (Å²) in [6, 6.07) is 13.4. The van der Waals surface area contributed by atoms with Gasteiger partial charge in [0.25, 0.3) is 0 Å². The predicted octanol–water partition coefficient (Wildman–Crippen LogP) is 3.51. The minimum Gasteiger partial charge on any atom is -0.423 e. The van der Waals surface area contributed by atoms with Crippen LogP contribution in [0.15, 0.2) is 39.5 Å². The maximum atomic E-state index is 11.3. The fourth-order valence-electron chi connectivity index (χ4n) is 2.75. The summed E-state index contributed by atoms with van der Waals surface area (Å²) in [6.45, 7) is 6.85. The summed E-state index contributed by atoms with van der Waals surface area (Å²) in [5, 5.41) is 2.42. The average molecular weight is 260 g/mol. The molecule has 18 heavy (non-hydrogen) atoms. The molecule has 3 heteroatoms. The summed E-state index contributed by atoms with van der Waals surface area (Å²) >= 11 is 0. The Bertz CT molecular complexity index is 588. The number of rotatable bonds is 4. The molecule has 1 aromatic carbocycles. The largest absolute Gasteiger partial charge is 0.423 e. The van der Waals surface area contributed by atoms with Gasteiger partial charge in [-0.3, -0.25) is 0 Å². The van der Waals surface area contributed by atoms with E-state index in [0.29, 0.717) is 0 Å². The molecule has 0 atom stereocenters.